The Morgan fingerprint density at radius 1 is 1.24 bits per heavy atom. The monoisotopic (exact) mass is 282 g/mol. The number of anilines is 1. The largest absolute Gasteiger partial charge is 0.392 e. The van der Waals surface area contributed by atoms with Crippen molar-refractivity contribution in [2.75, 3.05) is 5.32 Å². The van der Waals surface area contributed by atoms with Crippen LogP contribution in [0.4, 0.5) is 5.69 Å². The molecule has 1 aromatic carbocycles. The molecule has 0 saturated carbocycles. The third kappa shape index (κ3) is 2.75. The Kier molecular flexibility index (Phi) is 3.61. The zero-order chi connectivity index (χ0) is 14.7. The molecule has 0 aliphatic heterocycles. The van der Waals surface area contributed by atoms with Crippen molar-refractivity contribution in [2.45, 2.75) is 13.2 Å². The highest BCUT2D eigenvalue weighted by Crippen LogP contribution is 2.15. The molecule has 21 heavy (non-hydrogen) atoms. The Hall–Kier alpha value is -2.73. The van der Waals surface area contributed by atoms with Gasteiger partial charge in [-0.1, -0.05) is 18.2 Å². The van der Waals surface area contributed by atoms with E-state index in [0.717, 1.165) is 10.9 Å². The van der Waals surface area contributed by atoms with Gasteiger partial charge in [-0.25, -0.2) is 0 Å². The van der Waals surface area contributed by atoms with Crippen LogP contribution in [-0.4, -0.2) is 25.8 Å². The fourth-order valence-electron chi connectivity index (χ4n) is 2.15. The van der Waals surface area contributed by atoms with Crippen molar-refractivity contribution in [3.8, 4) is 0 Å². The Labute approximate surface area is 121 Å². The molecule has 0 atom stereocenters. The van der Waals surface area contributed by atoms with Crippen LogP contribution in [0.5, 0.6) is 0 Å². The third-order valence-electron chi connectivity index (χ3n) is 3.20. The van der Waals surface area contributed by atoms with Gasteiger partial charge in [-0.15, -0.1) is 0 Å². The van der Waals surface area contributed by atoms with Crippen LogP contribution in [-0.2, 0) is 17.9 Å². The van der Waals surface area contributed by atoms with E-state index < -0.39 is 0 Å². The zero-order valence-corrected chi connectivity index (χ0v) is 11.2. The summed E-state index contributed by atoms with van der Waals surface area (Å²) in [5.41, 5.74) is 2.05. The molecule has 0 aliphatic rings. The summed E-state index contributed by atoms with van der Waals surface area (Å²) in [5.74, 6) is -0.216. The maximum absolute atomic E-state index is 12.1. The number of aliphatic hydroxyl groups excluding tert-OH is 1. The van der Waals surface area contributed by atoms with Crippen molar-refractivity contribution in [3.05, 3.63) is 54.5 Å². The Morgan fingerprint density at radius 2 is 2.10 bits per heavy atom. The van der Waals surface area contributed by atoms with Gasteiger partial charge in [0.2, 0.25) is 5.91 Å². The SMILES string of the molecule is O=C(Cn1ncc2ccccc21)Nc1cnccc1CO. The number of pyridine rings is 1. The first-order valence-corrected chi connectivity index (χ1v) is 6.52. The zero-order valence-electron chi connectivity index (χ0n) is 11.2. The molecule has 106 valence electrons. The number of carbonyl (C=O) groups excluding carboxylic acids is 1. The fourth-order valence-corrected chi connectivity index (χ4v) is 2.15. The summed E-state index contributed by atoms with van der Waals surface area (Å²) in [4.78, 5) is 16.1. The molecule has 0 saturated heterocycles. The van der Waals surface area contributed by atoms with Gasteiger partial charge in [0.1, 0.15) is 6.54 Å². The molecule has 0 bridgehead atoms. The van der Waals surface area contributed by atoms with Crippen LogP contribution in [0.1, 0.15) is 5.56 Å². The normalized spacial score (nSPS) is 10.7. The topological polar surface area (TPSA) is 80.0 Å². The first-order valence-electron chi connectivity index (χ1n) is 6.52. The maximum atomic E-state index is 12.1. The van der Waals surface area contributed by atoms with Gasteiger partial charge in [-0.2, -0.15) is 5.10 Å². The molecule has 0 unspecified atom stereocenters. The lowest BCUT2D eigenvalue weighted by Crippen LogP contribution is -2.20. The number of amides is 1. The van der Waals surface area contributed by atoms with E-state index >= 15 is 0 Å². The Balaban J connectivity index is 1.77. The molecule has 1 amide bonds. The lowest BCUT2D eigenvalue weighted by atomic mass is 10.2. The van der Waals surface area contributed by atoms with Crippen LogP contribution in [0.25, 0.3) is 10.9 Å². The van der Waals surface area contributed by atoms with Gasteiger partial charge in [0.15, 0.2) is 0 Å². The van der Waals surface area contributed by atoms with E-state index in [9.17, 15) is 9.90 Å². The predicted octanol–water partition coefficient (Wildman–Crippen LogP) is 1.56. The van der Waals surface area contributed by atoms with E-state index in [-0.39, 0.29) is 19.1 Å². The van der Waals surface area contributed by atoms with Gasteiger partial charge in [-0.3, -0.25) is 14.5 Å². The van der Waals surface area contributed by atoms with Gasteiger partial charge >= 0.3 is 0 Å². The predicted molar refractivity (Wildman–Crippen MR) is 78.5 cm³/mol. The van der Waals surface area contributed by atoms with E-state index in [1.165, 1.54) is 6.20 Å². The standard InChI is InChI=1S/C15H14N4O2/c20-10-12-5-6-16-8-13(12)18-15(21)9-19-14-4-2-1-3-11(14)7-17-19/h1-8,20H,9-10H2,(H,18,21). The number of carbonyl (C=O) groups is 1. The molecule has 2 heterocycles. The first kappa shape index (κ1) is 13.3. The molecule has 3 rings (SSSR count). The molecule has 0 fully saturated rings. The summed E-state index contributed by atoms with van der Waals surface area (Å²) in [6, 6.07) is 9.36. The van der Waals surface area contributed by atoms with E-state index in [0.29, 0.717) is 11.3 Å². The van der Waals surface area contributed by atoms with Crippen molar-refractivity contribution in [3.63, 3.8) is 0 Å². The number of benzene rings is 1. The van der Waals surface area contributed by atoms with Crippen molar-refractivity contribution < 1.29 is 9.90 Å². The van der Waals surface area contributed by atoms with Crippen LogP contribution in [0.2, 0.25) is 0 Å². The molecule has 2 aromatic heterocycles. The van der Waals surface area contributed by atoms with Gasteiger partial charge in [0, 0.05) is 17.1 Å². The smallest absolute Gasteiger partial charge is 0.246 e. The molecular formula is C15H14N4O2. The molecule has 6 heteroatoms. The Morgan fingerprint density at radius 3 is 2.95 bits per heavy atom. The molecule has 2 N–H and O–H groups in total. The van der Waals surface area contributed by atoms with Crippen LogP contribution < -0.4 is 5.32 Å². The minimum absolute atomic E-state index is 0.104. The minimum atomic E-state index is -0.216. The van der Waals surface area contributed by atoms with Crippen molar-refractivity contribution in [1.82, 2.24) is 14.8 Å². The number of hydrogen-bond donors (Lipinski definition) is 2. The highest BCUT2D eigenvalue weighted by molar-refractivity contribution is 5.92. The second kappa shape index (κ2) is 5.72. The van der Waals surface area contributed by atoms with Crippen LogP contribution in [0.15, 0.2) is 48.9 Å². The van der Waals surface area contributed by atoms with Gasteiger partial charge < -0.3 is 10.4 Å². The van der Waals surface area contributed by atoms with E-state index in [1.807, 2.05) is 24.3 Å². The van der Waals surface area contributed by atoms with Crippen molar-refractivity contribution in [2.24, 2.45) is 0 Å². The van der Waals surface area contributed by atoms with Crippen LogP contribution in [0.3, 0.4) is 0 Å². The van der Waals surface area contributed by atoms with Crippen LogP contribution in [0, 0.1) is 0 Å². The lowest BCUT2D eigenvalue weighted by molar-refractivity contribution is -0.116. The summed E-state index contributed by atoms with van der Waals surface area (Å²) in [6.45, 7) is -0.0455. The van der Waals surface area contributed by atoms with Crippen molar-refractivity contribution >= 4 is 22.5 Å². The van der Waals surface area contributed by atoms with Gasteiger partial charge in [0.05, 0.1) is 30.2 Å². The highest BCUT2D eigenvalue weighted by atomic mass is 16.3. The summed E-state index contributed by atoms with van der Waals surface area (Å²) in [7, 11) is 0. The summed E-state index contributed by atoms with van der Waals surface area (Å²) < 4.78 is 1.64. The number of nitrogens with zero attached hydrogens (tertiary/aromatic N) is 3. The summed E-state index contributed by atoms with van der Waals surface area (Å²) >= 11 is 0. The molecule has 0 aliphatic carbocycles. The summed E-state index contributed by atoms with van der Waals surface area (Å²) in [5, 5.41) is 17.2. The first-order chi connectivity index (χ1) is 10.3. The van der Waals surface area contributed by atoms with Gasteiger partial charge in [-0.05, 0) is 12.1 Å². The van der Waals surface area contributed by atoms with Crippen molar-refractivity contribution in [1.29, 1.82) is 0 Å². The molecule has 0 radical (unpaired) electrons. The third-order valence-corrected chi connectivity index (χ3v) is 3.20. The second-order valence-electron chi connectivity index (χ2n) is 4.60. The molecule has 6 nitrogen and oxygen atoms in total. The number of hydrogen-bond acceptors (Lipinski definition) is 4. The van der Waals surface area contributed by atoms with E-state index in [2.05, 4.69) is 15.4 Å². The number of rotatable bonds is 4. The molecular weight excluding hydrogens is 268 g/mol. The van der Waals surface area contributed by atoms with E-state index in [1.54, 1.807) is 23.1 Å². The quantitative estimate of drug-likeness (QED) is 0.761. The fraction of sp³-hybridized carbons (Fsp3) is 0.133. The van der Waals surface area contributed by atoms with E-state index in [4.69, 9.17) is 0 Å². The Bertz CT molecular complexity index is 782. The number of para-hydroxylation sites is 1. The number of aromatic nitrogens is 3. The number of nitrogens with one attached hydrogen (secondary N) is 1. The number of aliphatic hydroxyl groups is 1. The summed E-state index contributed by atoms with van der Waals surface area (Å²) in [6.07, 6.45) is 4.82. The maximum Gasteiger partial charge on any atom is 0.246 e. The minimum Gasteiger partial charge on any atom is -0.392 e. The average molecular weight is 282 g/mol. The average Bonchev–Trinajstić information content (AvgIpc) is 2.91. The lowest BCUT2D eigenvalue weighted by Gasteiger charge is -2.09. The van der Waals surface area contributed by atoms with Crippen LogP contribution >= 0.6 is 0 Å². The number of fused-ring (bicyclic) bond motifs is 1. The molecule has 0 spiro atoms. The second-order valence-corrected chi connectivity index (χ2v) is 4.60. The van der Waals surface area contributed by atoms with Gasteiger partial charge in [0.25, 0.3) is 0 Å². The molecule has 3 aromatic rings. The highest BCUT2D eigenvalue weighted by Gasteiger charge is 2.09.